The lowest BCUT2D eigenvalue weighted by Gasteiger charge is -1.34. The molecular weight excluding hydrogens is 127 g/mol. The van der Waals surface area contributed by atoms with Gasteiger partial charge in [0.05, 0.1) is 0 Å². The molecule has 0 amide bonds. The Morgan fingerprint density at radius 3 is 1.00 bits per heavy atom. The maximum atomic E-state index is 8.70. The first-order chi connectivity index (χ1) is 3.73. The highest BCUT2D eigenvalue weighted by molar-refractivity contribution is 7.30. The number of rotatable bonds is 0. The lowest BCUT2D eigenvalue weighted by Crippen LogP contribution is -1.38. The average Bonchev–Trinajstić information content (AvgIpc) is 1.75. The van der Waals surface area contributed by atoms with Gasteiger partial charge in [-0.05, 0) is 0 Å². The van der Waals surface area contributed by atoms with Crippen molar-refractivity contribution in [2.45, 2.75) is 0 Å². The van der Waals surface area contributed by atoms with Crippen molar-refractivity contribution in [1.82, 2.24) is 0 Å². The van der Waals surface area contributed by atoms with Gasteiger partial charge in [-0.1, -0.05) is 0 Å². The lowest BCUT2D eigenvalue weighted by molar-refractivity contribution is 0.405. The Bertz CT molecular complexity index is 73.8. The molecule has 2 N–H and O–H groups in total. The topological polar surface area (TPSA) is 57.5 Å². The van der Waals surface area contributed by atoms with Crippen molar-refractivity contribution in [2.24, 2.45) is 0 Å². The summed E-state index contributed by atoms with van der Waals surface area (Å²) in [5.41, 5.74) is 0. The first kappa shape index (κ1) is 15.7. The first-order valence-electron chi connectivity index (χ1n) is 1.25. The fourth-order valence-corrected chi connectivity index (χ4v) is 0. The average molecular weight is 133 g/mol. The highest BCUT2D eigenvalue weighted by atomic mass is 31.1. The molecule has 0 fully saturated rings. The Balaban J connectivity index is -0.0000000542. The van der Waals surface area contributed by atoms with Crippen molar-refractivity contribution >= 4 is 8.25 Å². The number of hydrogen-bond donors (Lipinski definition) is 2. The number of terminal acetylenes is 2. The van der Waals surface area contributed by atoms with E-state index in [1.54, 1.807) is 0 Å². The maximum absolute atomic E-state index is 8.70. The molecule has 0 spiro atoms. The zero-order chi connectivity index (χ0) is 7.58. The van der Waals surface area contributed by atoms with Crippen LogP contribution in [0.2, 0.25) is 0 Å². The predicted octanol–water partition coefficient (Wildman–Crippen LogP) is 0.127. The van der Waals surface area contributed by atoms with Crippen LogP contribution in [0.25, 0.3) is 0 Å². The van der Waals surface area contributed by atoms with Crippen molar-refractivity contribution in [1.29, 1.82) is 0 Å². The summed E-state index contributed by atoms with van der Waals surface area (Å²) in [4.78, 5) is 14.2. The Kier molecular flexibility index (Phi) is 69.5. The van der Waals surface area contributed by atoms with Crippen LogP contribution in [-0.2, 0) is 4.57 Å². The van der Waals surface area contributed by atoms with Crippen molar-refractivity contribution in [3.05, 3.63) is 0 Å². The van der Waals surface area contributed by atoms with E-state index in [4.69, 9.17) is 14.4 Å². The molecule has 0 rings (SSSR count). The molecule has 0 aliphatic carbocycles. The van der Waals surface area contributed by atoms with Gasteiger partial charge < -0.3 is 0 Å². The van der Waals surface area contributed by atoms with Crippen molar-refractivity contribution in [2.75, 3.05) is 0 Å². The summed E-state index contributed by atoms with van der Waals surface area (Å²) in [5.74, 6) is 0. The van der Waals surface area contributed by atoms with Crippen molar-refractivity contribution in [3.8, 4) is 25.7 Å². The second kappa shape index (κ2) is 35.4. The molecule has 0 aromatic heterocycles. The summed E-state index contributed by atoms with van der Waals surface area (Å²) in [6, 6.07) is 0. The van der Waals surface area contributed by atoms with Crippen LogP contribution in [0.1, 0.15) is 0 Å². The zero-order valence-electron chi connectivity index (χ0n) is 4.06. The zero-order valence-corrected chi connectivity index (χ0v) is 4.95. The maximum Gasteiger partial charge on any atom is 0.692 e. The summed E-state index contributed by atoms with van der Waals surface area (Å²) in [6.45, 7) is 0. The van der Waals surface area contributed by atoms with Gasteiger partial charge in [0.15, 0.2) is 0 Å². The smallest absolute Gasteiger partial charge is 0.134 e. The molecule has 0 aromatic rings. The van der Waals surface area contributed by atoms with Gasteiger partial charge in [-0.2, -0.15) is 0 Å². The van der Waals surface area contributed by atoms with Crippen LogP contribution in [0.4, 0.5) is 0 Å². The van der Waals surface area contributed by atoms with Crippen molar-refractivity contribution < 1.29 is 14.4 Å². The predicted molar refractivity (Wildman–Crippen MR) is 31.8 cm³/mol. The highest BCUT2D eigenvalue weighted by Crippen LogP contribution is 1.98. The molecule has 8 heavy (non-hydrogen) atoms. The van der Waals surface area contributed by atoms with Crippen LogP contribution in [-0.4, -0.2) is 9.79 Å². The van der Waals surface area contributed by atoms with Gasteiger partial charge in [-0.15, -0.1) is 35.5 Å². The van der Waals surface area contributed by atoms with Gasteiger partial charge >= 0.3 is 8.25 Å². The molecular formula is C4H6O3P+. The van der Waals surface area contributed by atoms with E-state index in [2.05, 4.69) is 25.7 Å². The fourth-order valence-electron chi connectivity index (χ4n) is 0. The Labute approximate surface area is 49.3 Å². The summed E-state index contributed by atoms with van der Waals surface area (Å²) >= 11 is 0. The molecule has 0 aromatic carbocycles. The van der Waals surface area contributed by atoms with E-state index in [0.29, 0.717) is 0 Å². The summed E-state index contributed by atoms with van der Waals surface area (Å²) in [6.07, 6.45) is 16.0. The van der Waals surface area contributed by atoms with Crippen LogP contribution in [0.3, 0.4) is 0 Å². The molecule has 0 bridgehead atoms. The van der Waals surface area contributed by atoms with Gasteiger partial charge in [0, 0.05) is 4.57 Å². The van der Waals surface area contributed by atoms with E-state index in [1.807, 2.05) is 0 Å². The van der Waals surface area contributed by atoms with Crippen LogP contribution < -0.4 is 0 Å². The Hall–Kier alpha value is -0.860. The van der Waals surface area contributed by atoms with Gasteiger partial charge in [0.2, 0.25) is 0 Å². The largest absolute Gasteiger partial charge is 0.692 e. The normalized spacial score (nSPS) is 3.75. The minimum Gasteiger partial charge on any atom is -0.134 e. The van der Waals surface area contributed by atoms with E-state index in [9.17, 15) is 0 Å². The first-order valence-corrected chi connectivity index (χ1v) is 2.41. The fraction of sp³-hybridized carbons (Fsp3) is 0. The molecule has 0 saturated carbocycles. The second-order valence-corrected chi connectivity index (χ2v) is 0.758. The molecule has 0 heterocycles. The minimum atomic E-state index is -2.87. The van der Waals surface area contributed by atoms with Gasteiger partial charge in [-0.25, -0.2) is 0 Å². The lowest BCUT2D eigenvalue weighted by atomic mass is 11.4. The van der Waals surface area contributed by atoms with E-state index >= 15 is 0 Å². The number of hydrogen-bond acceptors (Lipinski definition) is 1. The standard InChI is InChI=1S/2C2H2.HO3P/c2*1-2;1-4(2)3/h2*1-2H;(H-,1,2,3)/p+1. The van der Waals surface area contributed by atoms with Crippen LogP contribution in [0, 0.1) is 25.7 Å². The second-order valence-electron chi connectivity index (χ2n) is 0.253. The van der Waals surface area contributed by atoms with E-state index in [0.717, 1.165) is 0 Å². The molecule has 0 radical (unpaired) electrons. The third kappa shape index (κ3) is 119. The van der Waals surface area contributed by atoms with E-state index in [-0.39, 0.29) is 0 Å². The van der Waals surface area contributed by atoms with Gasteiger partial charge in [-0.3, -0.25) is 0 Å². The van der Waals surface area contributed by atoms with Gasteiger partial charge in [0.25, 0.3) is 0 Å². The molecule has 4 heteroatoms. The SMILES string of the molecule is C#C.C#C.O=[P+](O)O. The summed E-state index contributed by atoms with van der Waals surface area (Å²) in [5, 5.41) is 0. The molecule has 0 aliphatic rings. The molecule has 3 nitrogen and oxygen atoms in total. The third-order valence-electron chi connectivity index (χ3n) is 0. The van der Waals surface area contributed by atoms with Crippen molar-refractivity contribution in [3.63, 3.8) is 0 Å². The summed E-state index contributed by atoms with van der Waals surface area (Å²) in [7, 11) is -2.87. The Morgan fingerprint density at radius 1 is 1.00 bits per heavy atom. The van der Waals surface area contributed by atoms with E-state index < -0.39 is 8.25 Å². The van der Waals surface area contributed by atoms with Crippen LogP contribution in [0.5, 0.6) is 0 Å². The highest BCUT2D eigenvalue weighted by Gasteiger charge is 1.93. The quantitative estimate of drug-likeness (QED) is 0.364. The van der Waals surface area contributed by atoms with Crippen LogP contribution >= 0.6 is 8.25 Å². The molecule has 44 valence electrons. The monoisotopic (exact) mass is 133 g/mol. The molecule has 0 saturated heterocycles. The minimum absolute atomic E-state index is 2.87. The molecule has 0 aliphatic heterocycles. The Morgan fingerprint density at radius 2 is 1.00 bits per heavy atom. The van der Waals surface area contributed by atoms with E-state index in [1.165, 1.54) is 0 Å². The molecule has 0 unspecified atom stereocenters. The van der Waals surface area contributed by atoms with Crippen LogP contribution in [0.15, 0.2) is 0 Å². The summed E-state index contributed by atoms with van der Waals surface area (Å²) < 4.78 is 8.70. The molecule has 0 atom stereocenters. The van der Waals surface area contributed by atoms with Gasteiger partial charge in [0.1, 0.15) is 0 Å². The third-order valence-corrected chi connectivity index (χ3v) is 0.